The number of nitrogens with one attached hydrogen (secondary N) is 4. The van der Waals surface area contributed by atoms with Gasteiger partial charge in [0.1, 0.15) is 47.1 Å². The summed E-state index contributed by atoms with van der Waals surface area (Å²) in [4.78, 5) is 47.1. The zero-order valence-electron chi connectivity index (χ0n) is 28.2. The van der Waals surface area contributed by atoms with Gasteiger partial charge in [-0.25, -0.2) is 29.5 Å². The minimum absolute atomic E-state index is 0.215. The number of ether oxygens (including phenoxy) is 3. The third kappa shape index (κ3) is 6.67. The summed E-state index contributed by atoms with van der Waals surface area (Å²) >= 11 is 0. The Morgan fingerprint density at radius 2 is 1.12 bits per heavy atom. The minimum atomic E-state index is -0.974. The number of H-pyrrole nitrogens is 2. The number of fused-ring (bicyclic) bond motifs is 6. The lowest BCUT2D eigenvalue weighted by atomic mass is 10.1. The molecule has 0 saturated carbocycles. The van der Waals surface area contributed by atoms with Crippen LogP contribution in [0.1, 0.15) is 27.6 Å². The van der Waals surface area contributed by atoms with E-state index in [-0.39, 0.29) is 11.5 Å². The molecule has 260 valence electrons. The number of aromatic carboxylic acids is 1. The van der Waals surface area contributed by atoms with Crippen molar-refractivity contribution in [2.24, 2.45) is 0 Å². The topological polar surface area (TPSA) is 189 Å². The van der Waals surface area contributed by atoms with Crippen molar-refractivity contribution < 1.29 is 28.9 Å². The fourth-order valence-corrected chi connectivity index (χ4v) is 5.73. The largest absolute Gasteiger partial charge is 0.497 e. The SMILES string of the molecule is CCOC(=O)c1ccc2[nH]c3ncnc(Nc4ccc(OC)cc4)c3c2c1.COc1ccc(Nc2ncnc3[nH]c4ccc(C(=O)O)cc4c23)cc1. The van der Waals surface area contributed by atoms with Crippen LogP contribution < -0.4 is 20.1 Å². The van der Waals surface area contributed by atoms with Crippen molar-refractivity contribution in [2.75, 3.05) is 31.5 Å². The molecule has 0 aliphatic carbocycles. The Bertz CT molecular complexity index is 2560. The number of carboxylic acids is 1. The number of nitrogens with zero attached hydrogens (tertiary/aromatic N) is 4. The molecule has 0 saturated heterocycles. The van der Waals surface area contributed by atoms with Crippen molar-refractivity contribution in [3.05, 3.63) is 109 Å². The van der Waals surface area contributed by atoms with Crippen molar-refractivity contribution in [1.29, 1.82) is 0 Å². The number of carbonyl (C=O) groups excluding carboxylic acids is 1. The average Bonchev–Trinajstić information content (AvgIpc) is 3.74. The fraction of sp³-hybridized carbons (Fsp3) is 0.105. The number of aromatic nitrogens is 6. The van der Waals surface area contributed by atoms with Gasteiger partial charge in [0.05, 0.1) is 42.7 Å². The molecule has 0 spiro atoms. The first kappa shape index (κ1) is 33.3. The normalized spacial score (nSPS) is 10.9. The van der Waals surface area contributed by atoms with Gasteiger partial charge in [0, 0.05) is 33.2 Å². The Labute approximate surface area is 295 Å². The van der Waals surface area contributed by atoms with E-state index in [2.05, 4.69) is 40.5 Å². The fourth-order valence-electron chi connectivity index (χ4n) is 5.73. The Hall–Kier alpha value is -7.22. The lowest BCUT2D eigenvalue weighted by Crippen LogP contribution is -2.04. The molecule has 0 aliphatic heterocycles. The summed E-state index contributed by atoms with van der Waals surface area (Å²) in [6.45, 7) is 2.12. The number of hydrogen-bond acceptors (Lipinski definition) is 11. The smallest absolute Gasteiger partial charge is 0.338 e. The minimum Gasteiger partial charge on any atom is -0.497 e. The van der Waals surface area contributed by atoms with E-state index in [1.54, 1.807) is 51.5 Å². The number of hydrogen-bond donors (Lipinski definition) is 5. The molecule has 52 heavy (non-hydrogen) atoms. The highest BCUT2D eigenvalue weighted by atomic mass is 16.5. The summed E-state index contributed by atoms with van der Waals surface area (Å²) in [7, 11) is 3.24. The predicted molar refractivity (Wildman–Crippen MR) is 198 cm³/mol. The second-order valence-corrected chi connectivity index (χ2v) is 11.4. The van der Waals surface area contributed by atoms with Crippen molar-refractivity contribution in [1.82, 2.24) is 29.9 Å². The number of benzene rings is 4. The van der Waals surface area contributed by atoms with Crippen LogP contribution in [0.2, 0.25) is 0 Å². The molecule has 4 aromatic heterocycles. The number of rotatable bonds is 9. The maximum Gasteiger partial charge on any atom is 0.338 e. The molecule has 0 atom stereocenters. The van der Waals surface area contributed by atoms with E-state index in [0.717, 1.165) is 55.5 Å². The summed E-state index contributed by atoms with van der Waals surface area (Å²) < 4.78 is 15.4. The highest BCUT2D eigenvalue weighted by molar-refractivity contribution is 6.14. The number of aromatic amines is 2. The molecule has 14 nitrogen and oxygen atoms in total. The maximum absolute atomic E-state index is 12.1. The second-order valence-electron chi connectivity index (χ2n) is 11.4. The molecule has 8 aromatic rings. The molecular formula is C38H32N8O6. The van der Waals surface area contributed by atoms with Crippen molar-refractivity contribution >= 4 is 78.8 Å². The molecule has 5 N–H and O–H groups in total. The molecule has 0 radical (unpaired) electrons. The first-order chi connectivity index (χ1) is 25.3. The summed E-state index contributed by atoms with van der Waals surface area (Å²) in [6.07, 6.45) is 2.96. The van der Waals surface area contributed by atoms with Crippen LogP contribution in [0.15, 0.2) is 97.6 Å². The lowest BCUT2D eigenvalue weighted by Gasteiger charge is -2.08. The van der Waals surface area contributed by atoms with Gasteiger partial charge in [-0.3, -0.25) is 0 Å². The van der Waals surface area contributed by atoms with Crippen LogP contribution in [0.5, 0.6) is 11.5 Å². The van der Waals surface area contributed by atoms with Crippen LogP contribution in [0.4, 0.5) is 23.0 Å². The molecule has 14 heteroatoms. The monoisotopic (exact) mass is 696 g/mol. The van der Waals surface area contributed by atoms with Gasteiger partial charge in [-0.1, -0.05) is 0 Å². The van der Waals surface area contributed by atoms with Crippen LogP contribution in [-0.2, 0) is 4.74 Å². The first-order valence-corrected chi connectivity index (χ1v) is 16.1. The Morgan fingerprint density at radius 1 is 0.654 bits per heavy atom. The molecule has 4 heterocycles. The average molecular weight is 697 g/mol. The van der Waals surface area contributed by atoms with E-state index in [1.165, 1.54) is 12.7 Å². The number of carboxylic acid groups (broad SMARTS) is 1. The van der Waals surface area contributed by atoms with Crippen molar-refractivity contribution in [2.45, 2.75) is 6.92 Å². The third-order valence-corrected chi connectivity index (χ3v) is 8.24. The van der Waals surface area contributed by atoms with E-state index in [9.17, 15) is 14.7 Å². The molecule has 0 aliphatic rings. The highest BCUT2D eigenvalue weighted by Crippen LogP contribution is 2.33. The van der Waals surface area contributed by atoms with Gasteiger partial charge in [0.15, 0.2) is 0 Å². The van der Waals surface area contributed by atoms with Crippen LogP contribution in [0.25, 0.3) is 43.9 Å². The van der Waals surface area contributed by atoms with E-state index in [4.69, 9.17) is 14.2 Å². The van der Waals surface area contributed by atoms with Crippen LogP contribution >= 0.6 is 0 Å². The molecule has 0 bridgehead atoms. The molecule has 0 unspecified atom stereocenters. The maximum atomic E-state index is 12.1. The summed E-state index contributed by atoms with van der Waals surface area (Å²) in [6, 6.07) is 25.3. The highest BCUT2D eigenvalue weighted by Gasteiger charge is 2.16. The molecule has 8 rings (SSSR count). The first-order valence-electron chi connectivity index (χ1n) is 16.1. The molecule has 0 fully saturated rings. The molecular weight excluding hydrogens is 664 g/mol. The number of carbonyl (C=O) groups is 2. The van der Waals surface area contributed by atoms with E-state index >= 15 is 0 Å². The van der Waals surface area contributed by atoms with Gasteiger partial charge in [-0.05, 0) is 91.9 Å². The zero-order chi connectivity index (χ0) is 36.2. The number of esters is 1. The summed E-state index contributed by atoms with van der Waals surface area (Å²) in [5.74, 6) is 1.46. The van der Waals surface area contributed by atoms with Gasteiger partial charge < -0.3 is 39.9 Å². The van der Waals surface area contributed by atoms with Gasteiger partial charge >= 0.3 is 11.9 Å². The summed E-state index contributed by atoms with van der Waals surface area (Å²) in [5, 5.41) is 19.0. The lowest BCUT2D eigenvalue weighted by molar-refractivity contribution is 0.0526. The van der Waals surface area contributed by atoms with E-state index in [1.807, 2.05) is 54.6 Å². The predicted octanol–water partition coefficient (Wildman–Crippen LogP) is 7.60. The van der Waals surface area contributed by atoms with Gasteiger partial charge in [-0.15, -0.1) is 0 Å². The van der Waals surface area contributed by atoms with E-state index in [0.29, 0.717) is 35.1 Å². The van der Waals surface area contributed by atoms with Crippen molar-refractivity contribution in [3.8, 4) is 11.5 Å². The quantitative estimate of drug-likeness (QED) is 0.0931. The number of methoxy groups -OCH3 is 2. The second kappa shape index (κ2) is 14.3. The van der Waals surface area contributed by atoms with Crippen molar-refractivity contribution in [3.63, 3.8) is 0 Å². The van der Waals surface area contributed by atoms with Crippen LogP contribution in [0, 0.1) is 0 Å². The zero-order valence-corrected chi connectivity index (χ0v) is 28.2. The Balaban J connectivity index is 0.000000162. The van der Waals surface area contributed by atoms with Crippen LogP contribution in [0.3, 0.4) is 0 Å². The van der Waals surface area contributed by atoms with Gasteiger partial charge in [0.2, 0.25) is 0 Å². The Morgan fingerprint density at radius 3 is 1.56 bits per heavy atom. The third-order valence-electron chi connectivity index (χ3n) is 8.24. The summed E-state index contributed by atoms with van der Waals surface area (Å²) in [5.41, 5.74) is 5.42. The molecule has 0 amide bonds. The molecule has 4 aromatic carbocycles. The van der Waals surface area contributed by atoms with Crippen LogP contribution in [-0.4, -0.2) is 67.8 Å². The van der Waals surface area contributed by atoms with Gasteiger partial charge in [-0.2, -0.15) is 0 Å². The number of anilines is 4. The van der Waals surface area contributed by atoms with E-state index < -0.39 is 5.97 Å². The van der Waals surface area contributed by atoms with Gasteiger partial charge in [0.25, 0.3) is 0 Å². The standard InChI is InChI=1S/C20H18N4O3.C18H14N4O3/c1-3-27-20(25)12-4-9-16-15(10-12)17-18(21-11-22-19(17)24-16)23-13-5-7-14(26-2)8-6-13;1-25-12-5-3-11(4-6-12)21-16-15-13-8-10(18(23)24)2-7-14(13)22-17(15)20-9-19-16/h4-11H,3H2,1-2H3,(H2,21,22,23,24);2-9H,1H3,(H,23,24)(H2,19,20,21,22). The Kier molecular flexibility index (Phi) is 9.17.